The summed E-state index contributed by atoms with van der Waals surface area (Å²) in [7, 11) is 0. The smallest absolute Gasteiger partial charge is 0.240 e. The molecule has 1 aliphatic rings. The molecular weight excluding hydrogens is 188 g/mol. The van der Waals surface area contributed by atoms with Crippen LogP contribution in [0.3, 0.4) is 0 Å². The fourth-order valence-electron chi connectivity index (χ4n) is 2.52. The summed E-state index contributed by atoms with van der Waals surface area (Å²) < 4.78 is 0. The van der Waals surface area contributed by atoms with Crippen molar-refractivity contribution in [3.8, 4) is 0 Å². The highest BCUT2D eigenvalue weighted by molar-refractivity contribution is 5.84. The Bertz CT molecular complexity index is 216. The Balaban J connectivity index is 2.61. The van der Waals surface area contributed by atoms with Crippen molar-refractivity contribution in [2.45, 2.75) is 52.6 Å². The van der Waals surface area contributed by atoms with Gasteiger partial charge in [0.1, 0.15) is 0 Å². The Morgan fingerprint density at radius 1 is 1.47 bits per heavy atom. The molecule has 0 radical (unpaired) electrons. The van der Waals surface area contributed by atoms with Gasteiger partial charge in [-0.2, -0.15) is 0 Å². The molecule has 15 heavy (non-hydrogen) atoms. The summed E-state index contributed by atoms with van der Waals surface area (Å²) in [6.45, 7) is 10.4. The summed E-state index contributed by atoms with van der Waals surface area (Å²) in [5.74, 6) is 0.858. The minimum Gasteiger partial charge on any atom is -0.338 e. The molecule has 0 aromatic heterocycles. The average Bonchev–Trinajstić information content (AvgIpc) is 2.51. The third-order valence-electron chi connectivity index (χ3n) is 3.28. The molecule has 88 valence electrons. The summed E-state index contributed by atoms with van der Waals surface area (Å²) in [6, 6.07) is 0.490. The highest BCUT2D eigenvalue weighted by atomic mass is 16.2. The Morgan fingerprint density at radius 2 is 2.13 bits per heavy atom. The molecule has 1 amide bonds. The summed E-state index contributed by atoms with van der Waals surface area (Å²) >= 11 is 0. The van der Waals surface area contributed by atoms with Crippen molar-refractivity contribution >= 4 is 5.91 Å². The van der Waals surface area contributed by atoms with E-state index in [4.69, 9.17) is 0 Å². The van der Waals surface area contributed by atoms with Crippen molar-refractivity contribution < 1.29 is 4.79 Å². The topological polar surface area (TPSA) is 32.3 Å². The highest BCUT2D eigenvalue weighted by Gasteiger charge is 2.35. The molecule has 2 unspecified atom stereocenters. The van der Waals surface area contributed by atoms with Gasteiger partial charge in [0.15, 0.2) is 0 Å². The van der Waals surface area contributed by atoms with Gasteiger partial charge in [-0.1, -0.05) is 27.7 Å². The summed E-state index contributed by atoms with van der Waals surface area (Å²) in [4.78, 5) is 14.1. The number of rotatable bonds is 5. The van der Waals surface area contributed by atoms with Gasteiger partial charge in [-0.05, 0) is 25.3 Å². The molecule has 0 aromatic carbocycles. The van der Waals surface area contributed by atoms with Crippen LogP contribution in [0.2, 0.25) is 0 Å². The summed E-state index contributed by atoms with van der Waals surface area (Å²) in [5, 5.41) is 3.25. The van der Waals surface area contributed by atoms with Crippen LogP contribution in [0.1, 0.15) is 40.5 Å². The first kappa shape index (κ1) is 12.5. The number of likely N-dealkylation sites (N-methyl/N-ethyl adjacent to an activating group) is 1. The molecule has 3 nitrogen and oxygen atoms in total. The third-order valence-corrected chi connectivity index (χ3v) is 3.28. The second-order valence-electron chi connectivity index (χ2n) is 4.65. The summed E-state index contributed by atoms with van der Waals surface area (Å²) in [5.41, 5.74) is 0. The van der Waals surface area contributed by atoms with Crippen molar-refractivity contribution in [1.29, 1.82) is 0 Å². The Morgan fingerprint density at radius 3 is 2.60 bits per heavy atom. The predicted octanol–water partition coefficient (Wildman–Crippen LogP) is 1.63. The minimum absolute atomic E-state index is 0.0720. The van der Waals surface area contributed by atoms with Gasteiger partial charge in [-0.3, -0.25) is 4.79 Å². The normalized spacial score (nSPS) is 23.9. The van der Waals surface area contributed by atoms with E-state index in [9.17, 15) is 4.79 Å². The van der Waals surface area contributed by atoms with Crippen LogP contribution in [-0.2, 0) is 4.79 Å². The van der Waals surface area contributed by atoms with E-state index in [2.05, 4.69) is 37.9 Å². The second-order valence-corrected chi connectivity index (χ2v) is 4.65. The fraction of sp³-hybridized carbons (Fsp3) is 0.917. The number of nitrogens with one attached hydrogen (secondary N) is 1. The number of carbonyl (C=O) groups is 1. The van der Waals surface area contributed by atoms with E-state index >= 15 is 0 Å². The molecule has 0 bridgehead atoms. The standard InChI is InChI=1S/C12H24N2O/c1-5-11(9(3)4)14-8-7-10(12(14)15)13-6-2/h9-11,13H,5-8H2,1-4H3. The van der Waals surface area contributed by atoms with Gasteiger partial charge in [0, 0.05) is 12.6 Å². The predicted molar refractivity (Wildman–Crippen MR) is 62.7 cm³/mol. The van der Waals surface area contributed by atoms with Crippen LogP contribution in [0, 0.1) is 5.92 Å². The maximum atomic E-state index is 12.1. The Labute approximate surface area is 93.2 Å². The molecule has 1 aliphatic heterocycles. The molecule has 1 heterocycles. The first-order valence-corrected chi connectivity index (χ1v) is 6.15. The first-order chi connectivity index (χ1) is 7.11. The van der Waals surface area contributed by atoms with Gasteiger partial charge < -0.3 is 10.2 Å². The molecule has 2 atom stereocenters. The molecular formula is C12H24N2O. The Hall–Kier alpha value is -0.570. The van der Waals surface area contributed by atoms with E-state index in [0.717, 1.165) is 25.9 Å². The maximum Gasteiger partial charge on any atom is 0.240 e. The molecule has 0 spiro atoms. The van der Waals surface area contributed by atoms with Gasteiger partial charge in [0.05, 0.1) is 6.04 Å². The number of hydrogen-bond donors (Lipinski definition) is 1. The summed E-state index contributed by atoms with van der Waals surface area (Å²) in [6.07, 6.45) is 2.03. The van der Waals surface area contributed by atoms with E-state index in [1.807, 2.05) is 0 Å². The quantitative estimate of drug-likeness (QED) is 0.751. The lowest BCUT2D eigenvalue weighted by atomic mass is 10.0. The van der Waals surface area contributed by atoms with Crippen molar-refractivity contribution in [2.24, 2.45) is 5.92 Å². The maximum absolute atomic E-state index is 12.1. The first-order valence-electron chi connectivity index (χ1n) is 6.15. The molecule has 0 aromatic rings. The molecule has 0 aliphatic carbocycles. The van der Waals surface area contributed by atoms with E-state index in [1.165, 1.54) is 0 Å². The Kier molecular flexibility index (Phi) is 4.58. The zero-order chi connectivity index (χ0) is 11.4. The zero-order valence-electron chi connectivity index (χ0n) is 10.4. The largest absolute Gasteiger partial charge is 0.338 e. The monoisotopic (exact) mass is 212 g/mol. The van der Waals surface area contributed by atoms with E-state index in [0.29, 0.717) is 17.9 Å². The van der Waals surface area contributed by atoms with Gasteiger partial charge in [-0.15, -0.1) is 0 Å². The minimum atomic E-state index is 0.0720. The van der Waals surface area contributed by atoms with Crippen molar-refractivity contribution in [3.05, 3.63) is 0 Å². The lowest BCUT2D eigenvalue weighted by Crippen LogP contribution is -2.44. The van der Waals surface area contributed by atoms with Crippen LogP contribution in [0.4, 0.5) is 0 Å². The van der Waals surface area contributed by atoms with E-state index < -0.39 is 0 Å². The van der Waals surface area contributed by atoms with Gasteiger partial charge in [-0.25, -0.2) is 0 Å². The van der Waals surface area contributed by atoms with Crippen LogP contribution < -0.4 is 5.32 Å². The number of hydrogen-bond acceptors (Lipinski definition) is 2. The van der Waals surface area contributed by atoms with Crippen molar-refractivity contribution in [1.82, 2.24) is 10.2 Å². The molecule has 1 fully saturated rings. The SMILES string of the molecule is CCNC1CCN(C(CC)C(C)C)C1=O. The average molecular weight is 212 g/mol. The van der Waals surface area contributed by atoms with Crippen molar-refractivity contribution in [3.63, 3.8) is 0 Å². The highest BCUT2D eigenvalue weighted by Crippen LogP contribution is 2.21. The number of amides is 1. The number of carbonyl (C=O) groups excluding carboxylic acids is 1. The van der Waals surface area contributed by atoms with Crippen LogP contribution >= 0.6 is 0 Å². The van der Waals surface area contributed by atoms with Gasteiger partial charge >= 0.3 is 0 Å². The zero-order valence-corrected chi connectivity index (χ0v) is 10.4. The lowest BCUT2D eigenvalue weighted by molar-refractivity contribution is -0.132. The molecule has 1 saturated heterocycles. The van der Waals surface area contributed by atoms with Crippen LogP contribution in [0.5, 0.6) is 0 Å². The molecule has 3 heteroatoms. The molecule has 1 rings (SSSR count). The van der Waals surface area contributed by atoms with Gasteiger partial charge in [0.25, 0.3) is 0 Å². The lowest BCUT2D eigenvalue weighted by Gasteiger charge is -2.30. The van der Waals surface area contributed by atoms with Crippen molar-refractivity contribution in [2.75, 3.05) is 13.1 Å². The third kappa shape index (κ3) is 2.71. The van der Waals surface area contributed by atoms with Crippen LogP contribution in [0.15, 0.2) is 0 Å². The fourth-order valence-corrected chi connectivity index (χ4v) is 2.52. The second kappa shape index (κ2) is 5.50. The van der Waals surface area contributed by atoms with Crippen LogP contribution in [0.25, 0.3) is 0 Å². The van der Waals surface area contributed by atoms with Crippen LogP contribution in [-0.4, -0.2) is 36.0 Å². The molecule has 0 saturated carbocycles. The van der Waals surface area contributed by atoms with Gasteiger partial charge in [0.2, 0.25) is 5.91 Å². The van der Waals surface area contributed by atoms with E-state index in [-0.39, 0.29) is 6.04 Å². The number of nitrogens with zero attached hydrogens (tertiary/aromatic N) is 1. The number of likely N-dealkylation sites (tertiary alicyclic amines) is 1. The molecule has 1 N–H and O–H groups in total. The van der Waals surface area contributed by atoms with E-state index in [1.54, 1.807) is 0 Å².